The molecule has 1 heterocycles. The Morgan fingerprint density at radius 2 is 1.84 bits per heavy atom. The molecule has 2 aromatic carbocycles. The van der Waals surface area contributed by atoms with Gasteiger partial charge in [0, 0.05) is 17.5 Å². The highest BCUT2D eigenvalue weighted by Gasteiger charge is 2.23. The van der Waals surface area contributed by atoms with E-state index in [1.54, 1.807) is 12.1 Å². The molecular formula is C17H11ClF2N2O3. The van der Waals surface area contributed by atoms with Crippen LogP contribution in [-0.4, -0.2) is 11.8 Å². The summed E-state index contributed by atoms with van der Waals surface area (Å²) >= 11 is 5.69. The average Bonchev–Trinajstić information content (AvgIpc) is 2.94. The molecule has 3 N–H and O–H groups in total. The molecule has 0 bridgehead atoms. The summed E-state index contributed by atoms with van der Waals surface area (Å²) in [6.07, 6.45) is 0. The molecule has 0 aliphatic heterocycles. The van der Waals surface area contributed by atoms with Gasteiger partial charge in [-0.05, 0) is 23.8 Å². The van der Waals surface area contributed by atoms with Crippen molar-refractivity contribution >= 4 is 40.1 Å². The van der Waals surface area contributed by atoms with Crippen molar-refractivity contribution in [1.82, 2.24) is 0 Å². The maximum atomic E-state index is 13.8. The zero-order valence-corrected chi connectivity index (χ0v) is 13.4. The van der Waals surface area contributed by atoms with Gasteiger partial charge in [-0.3, -0.25) is 9.59 Å². The highest BCUT2D eigenvalue weighted by atomic mass is 35.5. The van der Waals surface area contributed by atoms with Crippen LogP contribution in [0.5, 0.6) is 0 Å². The van der Waals surface area contributed by atoms with E-state index in [9.17, 15) is 18.4 Å². The SMILES string of the molecule is NC(=O)c1oc2c(F)cc(F)cc2c1NC(=O)c1ccc(CCl)cc1. The smallest absolute Gasteiger partial charge is 0.286 e. The number of alkyl halides is 1. The van der Waals surface area contributed by atoms with E-state index in [0.717, 1.165) is 11.6 Å². The van der Waals surface area contributed by atoms with Crippen molar-refractivity contribution in [2.45, 2.75) is 5.88 Å². The topological polar surface area (TPSA) is 85.3 Å². The first-order valence-electron chi connectivity index (χ1n) is 7.08. The van der Waals surface area contributed by atoms with E-state index in [0.29, 0.717) is 11.9 Å². The second-order valence-corrected chi connectivity index (χ2v) is 5.49. The monoisotopic (exact) mass is 364 g/mol. The van der Waals surface area contributed by atoms with E-state index in [4.69, 9.17) is 21.8 Å². The van der Waals surface area contributed by atoms with Gasteiger partial charge in [0.25, 0.3) is 11.8 Å². The first kappa shape index (κ1) is 16.9. The van der Waals surface area contributed by atoms with Gasteiger partial charge in [0.15, 0.2) is 11.4 Å². The third kappa shape index (κ3) is 3.18. The summed E-state index contributed by atoms with van der Waals surface area (Å²) in [6.45, 7) is 0. The molecule has 3 aromatic rings. The van der Waals surface area contributed by atoms with Crippen LogP contribution in [0.15, 0.2) is 40.8 Å². The van der Waals surface area contributed by atoms with Crippen LogP contribution in [0.1, 0.15) is 26.5 Å². The number of hydrogen-bond donors (Lipinski definition) is 2. The lowest BCUT2D eigenvalue weighted by atomic mass is 10.1. The summed E-state index contributed by atoms with van der Waals surface area (Å²) in [5.74, 6) is -3.70. The summed E-state index contributed by atoms with van der Waals surface area (Å²) in [5.41, 5.74) is 5.72. The van der Waals surface area contributed by atoms with Gasteiger partial charge in [-0.2, -0.15) is 0 Å². The number of benzene rings is 2. The van der Waals surface area contributed by atoms with Gasteiger partial charge < -0.3 is 15.5 Å². The second kappa shape index (κ2) is 6.52. The van der Waals surface area contributed by atoms with E-state index in [1.807, 2.05) is 0 Å². The van der Waals surface area contributed by atoms with Crippen LogP contribution in [0.2, 0.25) is 0 Å². The van der Waals surface area contributed by atoms with Crippen LogP contribution >= 0.6 is 11.6 Å². The lowest BCUT2D eigenvalue weighted by Crippen LogP contribution is -2.17. The Kier molecular flexibility index (Phi) is 4.41. The second-order valence-electron chi connectivity index (χ2n) is 5.22. The predicted molar refractivity (Wildman–Crippen MR) is 88.6 cm³/mol. The molecule has 0 aliphatic rings. The van der Waals surface area contributed by atoms with Gasteiger partial charge in [-0.1, -0.05) is 12.1 Å². The van der Waals surface area contributed by atoms with E-state index in [2.05, 4.69) is 5.32 Å². The molecule has 2 amide bonds. The first-order valence-corrected chi connectivity index (χ1v) is 7.61. The number of halogens is 3. The Hall–Kier alpha value is -2.93. The molecule has 0 unspecified atom stereocenters. The van der Waals surface area contributed by atoms with Crippen molar-refractivity contribution in [2.75, 3.05) is 5.32 Å². The highest BCUT2D eigenvalue weighted by molar-refractivity contribution is 6.17. The van der Waals surface area contributed by atoms with Crippen molar-refractivity contribution in [3.05, 3.63) is 64.9 Å². The minimum Gasteiger partial charge on any atom is -0.446 e. The molecule has 1 aromatic heterocycles. The molecule has 0 saturated heterocycles. The minimum atomic E-state index is -1.02. The molecule has 5 nitrogen and oxygen atoms in total. The van der Waals surface area contributed by atoms with Crippen LogP contribution in [0, 0.1) is 11.6 Å². The Morgan fingerprint density at radius 1 is 1.16 bits per heavy atom. The number of carbonyl (C=O) groups excluding carboxylic acids is 2. The van der Waals surface area contributed by atoms with Gasteiger partial charge in [-0.25, -0.2) is 8.78 Å². The summed E-state index contributed by atoms with van der Waals surface area (Å²) in [6, 6.07) is 7.92. The van der Waals surface area contributed by atoms with Gasteiger partial charge in [0.05, 0.1) is 5.39 Å². The lowest BCUT2D eigenvalue weighted by Gasteiger charge is -2.06. The normalized spacial score (nSPS) is 10.8. The number of anilines is 1. The first-order chi connectivity index (χ1) is 11.9. The quantitative estimate of drug-likeness (QED) is 0.690. The van der Waals surface area contributed by atoms with E-state index in [-0.39, 0.29) is 22.2 Å². The summed E-state index contributed by atoms with van der Waals surface area (Å²) in [7, 11) is 0. The lowest BCUT2D eigenvalue weighted by molar-refractivity contribution is 0.0977. The molecule has 0 fully saturated rings. The Balaban J connectivity index is 2.05. The largest absolute Gasteiger partial charge is 0.446 e. The molecule has 0 radical (unpaired) electrons. The van der Waals surface area contributed by atoms with Crippen LogP contribution in [0.3, 0.4) is 0 Å². The molecule has 0 atom stereocenters. The number of rotatable bonds is 4. The van der Waals surface area contributed by atoms with Crippen LogP contribution in [0.4, 0.5) is 14.5 Å². The molecule has 0 saturated carbocycles. The zero-order chi connectivity index (χ0) is 18.1. The van der Waals surface area contributed by atoms with Crippen molar-refractivity contribution in [1.29, 1.82) is 0 Å². The summed E-state index contributed by atoms with van der Waals surface area (Å²) in [5, 5.41) is 2.32. The average molecular weight is 365 g/mol. The third-order valence-corrected chi connectivity index (χ3v) is 3.85. The zero-order valence-electron chi connectivity index (χ0n) is 12.6. The standard InChI is InChI=1S/C17H11ClF2N2O3/c18-7-8-1-3-9(4-2-8)17(24)22-13-11-5-10(19)6-12(20)14(11)25-15(13)16(21)23/h1-6H,7H2,(H2,21,23)(H,22,24). The van der Waals surface area contributed by atoms with E-state index < -0.39 is 29.2 Å². The number of primary amides is 1. The van der Waals surface area contributed by atoms with Gasteiger partial charge in [0.1, 0.15) is 11.5 Å². The molecular weight excluding hydrogens is 354 g/mol. The maximum Gasteiger partial charge on any atom is 0.286 e. The minimum absolute atomic E-state index is 0.1000. The van der Waals surface area contributed by atoms with Gasteiger partial charge >= 0.3 is 0 Å². The number of amides is 2. The van der Waals surface area contributed by atoms with Crippen molar-refractivity contribution < 1.29 is 22.8 Å². The number of carbonyl (C=O) groups is 2. The van der Waals surface area contributed by atoms with Crippen molar-refractivity contribution in [3.8, 4) is 0 Å². The van der Waals surface area contributed by atoms with Crippen LogP contribution < -0.4 is 11.1 Å². The predicted octanol–water partition coefficient (Wildman–Crippen LogP) is 3.80. The van der Waals surface area contributed by atoms with E-state index in [1.165, 1.54) is 12.1 Å². The Morgan fingerprint density at radius 3 is 2.44 bits per heavy atom. The van der Waals surface area contributed by atoms with Gasteiger partial charge in [0.2, 0.25) is 5.76 Å². The molecule has 0 aliphatic carbocycles. The molecule has 3 rings (SSSR count). The number of hydrogen-bond acceptors (Lipinski definition) is 3. The van der Waals surface area contributed by atoms with Gasteiger partial charge in [-0.15, -0.1) is 11.6 Å². The summed E-state index contributed by atoms with van der Waals surface area (Å²) < 4.78 is 32.4. The molecule has 25 heavy (non-hydrogen) atoms. The van der Waals surface area contributed by atoms with E-state index >= 15 is 0 Å². The third-order valence-electron chi connectivity index (χ3n) is 3.54. The van der Waals surface area contributed by atoms with Crippen LogP contribution in [0.25, 0.3) is 11.0 Å². The number of nitrogens with one attached hydrogen (secondary N) is 1. The number of fused-ring (bicyclic) bond motifs is 1. The Labute approximate surface area is 145 Å². The molecule has 0 spiro atoms. The molecule has 8 heteroatoms. The Bertz CT molecular complexity index is 984. The number of furan rings is 1. The van der Waals surface area contributed by atoms with Crippen LogP contribution in [-0.2, 0) is 5.88 Å². The fourth-order valence-corrected chi connectivity index (χ4v) is 2.53. The van der Waals surface area contributed by atoms with Crippen molar-refractivity contribution in [2.24, 2.45) is 5.73 Å². The fraction of sp³-hybridized carbons (Fsp3) is 0.0588. The number of nitrogens with two attached hydrogens (primary N) is 1. The highest BCUT2D eigenvalue weighted by Crippen LogP contribution is 2.33. The molecule has 128 valence electrons. The maximum absolute atomic E-state index is 13.8. The summed E-state index contributed by atoms with van der Waals surface area (Å²) in [4.78, 5) is 23.9. The fourth-order valence-electron chi connectivity index (χ4n) is 2.35. The van der Waals surface area contributed by atoms with Crippen molar-refractivity contribution in [3.63, 3.8) is 0 Å².